The van der Waals surface area contributed by atoms with Crippen LogP contribution in [0.4, 0.5) is 5.82 Å². The number of ether oxygens (including phenoxy) is 1. The molecule has 0 radical (unpaired) electrons. The summed E-state index contributed by atoms with van der Waals surface area (Å²) in [5, 5.41) is 4.80. The molecule has 5 heteroatoms. The van der Waals surface area contributed by atoms with Crippen molar-refractivity contribution in [2.75, 3.05) is 5.32 Å². The fraction of sp³-hybridized carbons (Fsp3) is 0.238. The van der Waals surface area contributed by atoms with E-state index in [9.17, 15) is 4.79 Å². The molecule has 4 rings (SSSR count). The number of hydrogen-bond acceptors (Lipinski definition) is 4. The monoisotopic (exact) mass is 364 g/mol. The highest BCUT2D eigenvalue weighted by Crippen LogP contribution is 2.27. The number of rotatable bonds is 5. The summed E-state index contributed by atoms with van der Waals surface area (Å²) in [6.07, 6.45) is 5.24. The van der Waals surface area contributed by atoms with Crippen LogP contribution in [-0.4, -0.2) is 10.9 Å². The number of carbonyl (C=O) groups is 1. The first kappa shape index (κ1) is 16.8. The van der Waals surface area contributed by atoms with Crippen molar-refractivity contribution in [1.82, 2.24) is 4.98 Å². The molecule has 0 bridgehead atoms. The molecule has 1 aromatic carbocycles. The molecule has 1 amide bonds. The fourth-order valence-electron chi connectivity index (χ4n) is 3.16. The molecule has 0 fully saturated rings. The Kier molecular flexibility index (Phi) is 4.71. The number of thiophene rings is 1. The molecule has 3 aromatic rings. The van der Waals surface area contributed by atoms with Gasteiger partial charge in [-0.05, 0) is 78.6 Å². The highest BCUT2D eigenvalue weighted by Gasteiger charge is 2.13. The van der Waals surface area contributed by atoms with Gasteiger partial charge < -0.3 is 10.1 Å². The second kappa shape index (κ2) is 7.30. The van der Waals surface area contributed by atoms with Crippen molar-refractivity contribution < 1.29 is 9.53 Å². The summed E-state index contributed by atoms with van der Waals surface area (Å²) < 4.78 is 5.91. The van der Waals surface area contributed by atoms with E-state index in [1.165, 1.54) is 35.3 Å². The molecule has 0 atom stereocenters. The molecule has 1 aliphatic carbocycles. The molecule has 132 valence electrons. The minimum atomic E-state index is -0.142. The van der Waals surface area contributed by atoms with E-state index >= 15 is 0 Å². The molecule has 2 heterocycles. The molecule has 1 N–H and O–H groups in total. The summed E-state index contributed by atoms with van der Waals surface area (Å²) in [5.74, 6) is 1.32. The first-order valence-corrected chi connectivity index (χ1v) is 9.61. The Morgan fingerprint density at radius 1 is 1.19 bits per heavy atom. The van der Waals surface area contributed by atoms with E-state index < -0.39 is 0 Å². The summed E-state index contributed by atoms with van der Waals surface area (Å²) in [6.45, 7) is 2.43. The predicted molar refractivity (Wildman–Crippen MR) is 104 cm³/mol. The standard InChI is InChI=1S/C21H20N2O2S/c1-14-7-8-22-20(9-14)23-21(24)19-10-15(13-26-19)12-25-18-6-5-16-3-2-4-17(16)11-18/h5-11,13H,2-4,12H2,1H3,(H,22,23,24). The lowest BCUT2D eigenvalue weighted by atomic mass is 10.1. The van der Waals surface area contributed by atoms with Crippen molar-refractivity contribution >= 4 is 23.1 Å². The fourth-order valence-corrected chi connectivity index (χ4v) is 3.95. The van der Waals surface area contributed by atoms with Crippen LogP contribution in [0.15, 0.2) is 48.0 Å². The van der Waals surface area contributed by atoms with Crippen LogP contribution in [0.25, 0.3) is 0 Å². The van der Waals surface area contributed by atoms with Gasteiger partial charge in [0.1, 0.15) is 18.2 Å². The topological polar surface area (TPSA) is 51.2 Å². The number of carbonyl (C=O) groups excluding carboxylic acids is 1. The third-order valence-electron chi connectivity index (χ3n) is 4.51. The van der Waals surface area contributed by atoms with Gasteiger partial charge in [0, 0.05) is 11.8 Å². The van der Waals surface area contributed by atoms with E-state index in [4.69, 9.17) is 4.74 Å². The maximum Gasteiger partial charge on any atom is 0.266 e. The van der Waals surface area contributed by atoms with Gasteiger partial charge in [0.15, 0.2) is 0 Å². The Balaban J connectivity index is 1.37. The van der Waals surface area contributed by atoms with E-state index in [2.05, 4.69) is 22.4 Å². The third-order valence-corrected chi connectivity index (χ3v) is 5.49. The summed E-state index contributed by atoms with van der Waals surface area (Å²) in [4.78, 5) is 17.2. The van der Waals surface area contributed by atoms with Crippen molar-refractivity contribution in [2.24, 2.45) is 0 Å². The highest BCUT2D eigenvalue weighted by molar-refractivity contribution is 7.12. The molecule has 0 saturated carbocycles. The number of nitrogens with one attached hydrogen (secondary N) is 1. The van der Waals surface area contributed by atoms with E-state index in [1.54, 1.807) is 6.20 Å². The second-order valence-corrected chi connectivity index (χ2v) is 7.48. The second-order valence-electron chi connectivity index (χ2n) is 6.56. The smallest absolute Gasteiger partial charge is 0.266 e. The van der Waals surface area contributed by atoms with Gasteiger partial charge in [-0.3, -0.25) is 4.79 Å². The number of fused-ring (bicyclic) bond motifs is 1. The third kappa shape index (κ3) is 3.78. The molecular formula is C21H20N2O2S. The van der Waals surface area contributed by atoms with Gasteiger partial charge in [0.2, 0.25) is 0 Å². The first-order chi connectivity index (χ1) is 12.7. The SMILES string of the molecule is Cc1ccnc(NC(=O)c2cc(COc3ccc4c(c3)CCC4)cs2)c1. The Labute approximate surface area is 156 Å². The predicted octanol–water partition coefficient (Wildman–Crippen LogP) is 4.77. The molecule has 0 saturated heterocycles. The summed E-state index contributed by atoms with van der Waals surface area (Å²) in [6, 6.07) is 12.0. The Morgan fingerprint density at radius 2 is 2.08 bits per heavy atom. The molecule has 2 aromatic heterocycles. The first-order valence-electron chi connectivity index (χ1n) is 8.73. The zero-order valence-corrected chi connectivity index (χ0v) is 15.4. The van der Waals surface area contributed by atoms with Gasteiger partial charge in [-0.2, -0.15) is 0 Å². The van der Waals surface area contributed by atoms with E-state index in [1.807, 2.05) is 36.6 Å². The Bertz CT molecular complexity index is 949. The minimum Gasteiger partial charge on any atom is -0.489 e. The molecule has 0 unspecified atom stereocenters. The Morgan fingerprint density at radius 3 is 2.96 bits per heavy atom. The normalized spacial score (nSPS) is 12.7. The average molecular weight is 364 g/mol. The Hall–Kier alpha value is -2.66. The molecular weight excluding hydrogens is 344 g/mol. The van der Waals surface area contributed by atoms with Crippen LogP contribution in [0, 0.1) is 6.92 Å². The van der Waals surface area contributed by atoms with Crippen molar-refractivity contribution in [2.45, 2.75) is 32.8 Å². The van der Waals surface area contributed by atoms with Crippen molar-refractivity contribution in [3.05, 3.63) is 75.1 Å². The number of anilines is 1. The molecule has 0 spiro atoms. The number of hydrogen-bond donors (Lipinski definition) is 1. The number of aryl methyl sites for hydroxylation is 3. The van der Waals surface area contributed by atoms with Crippen LogP contribution in [0.2, 0.25) is 0 Å². The molecule has 0 aliphatic heterocycles. The van der Waals surface area contributed by atoms with E-state index in [-0.39, 0.29) is 5.91 Å². The number of nitrogens with zero attached hydrogens (tertiary/aromatic N) is 1. The maximum atomic E-state index is 12.4. The van der Waals surface area contributed by atoms with Crippen LogP contribution in [-0.2, 0) is 19.4 Å². The number of pyridine rings is 1. The zero-order chi connectivity index (χ0) is 17.9. The van der Waals surface area contributed by atoms with Gasteiger partial charge in [0.05, 0.1) is 4.88 Å². The summed E-state index contributed by atoms with van der Waals surface area (Å²) in [7, 11) is 0. The van der Waals surface area contributed by atoms with Gasteiger partial charge in [0.25, 0.3) is 5.91 Å². The molecule has 4 nitrogen and oxygen atoms in total. The lowest BCUT2D eigenvalue weighted by molar-refractivity contribution is 0.103. The summed E-state index contributed by atoms with van der Waals surface area (Å²) >= 11 is 1.42. The maximum absolute atomic E-state index is 12.4. The van der Waals surface area contributed by atoms with Gasteiger partial charge in [-0.15, -0.1) is 11.3 Å². The summed E-state index contributed by atoms with van der Waals surface area (Å²) in [5.41, 5.74) is 4.90. The van der Waals surface area contributed by atoms with Crippen molar-refractivity contribution in [3.8, 4) is 5.75 Å². The van der Waals surface area contributed by atoms with E-state index in [0.29, 0.717) is 17.3 Å². The van der Waals surface area contributed by atoms with Gasteiger partial charge in [-0.1, -0.05) is 6.07 Å². The van der Waals surface area contributed by atoms with Crippen LogP contribution < -0.4 is 10.1 Å². The number of amides is 1. The molecule has 26 heavy (non-hydrogen) atoms. The minimum absolute atomic E-state index is 0.142. The van der Waals surface area contributed by atoms with Crippen molar-refractivity contribution in [1.29, 1.82) is 0 Å². The van der Waals surface area contributed by atoms with Crippen molar-refractivity contribution in [3.63, 3.8) is 0 Å². The van der Waals surface area contributed by atoms with E-state index in [0.717, 1.165) is 23.3 Å². The lowest BCUT2D eigenvalue weighted by Gasteiger charge is -2.07. The average Bonchev–Trinajstić information content (AvgIpc) is 3.29. The van der Waals surface area contributed by atoms with Crippen LogP contribution in [0.3, 0.4) is 0 Å². The van der Waals surface area contributed by atoms with Gasteiger partial charge >= 0.3 is 0 Å². The van der Waals surface area contributed by atoms with Crippen LogP contribution >= 0.6 is 11.3 Å². The number of aromatic nitrogens is 1. The number of benzene rings is 1. The van der Waals surface area contributed by atoms with Crippen LogP contribution in [0.5, 0.6) is 5.75 Å². The van der Waals surface area contributed by atoms with Gasteiger partial charge in [-0.25, -0.2) is 4.98 Å². The quantitative estimate of drug-likeness (QED) is 0.709. The van der Waals surface area contributed by atoms with Crippen LogP contribution in [0.1, 0.15) is 38.3 Å². The molecule has 1 aliphatic rings. The lowest BCUT2D eigenvalue weighted by Crippen LogP contribution is -2.11. The highest BCUT2D eigenvalue weighted by atomic mass is 32.1. The largest absolute Gasteiger partial charge is 0.489 e. The zero-order valence-electron chi connectivity index (χ0n) is 14.6.